The molecule has 33 heavy (non-hydrogen) atoms. The molecule has 1 aliphatic heterocycles. The van der Waals surface area contributed by atoms with Crippen molar-refractivity contribution >= 4 is 23.1 Å². The molecule has 0 saturated carbocycles. The minimum Gasteiger partial charge on any atom is -0.507 e. The third-order valence-electron chi connectivity index (χ3n) is 5.40. The maximum atomic E-state index is 14.0. The van der Waals surface area contributed by atoms with Crippen molar-refractivity contribution in [3.63, 3.8) is 0 Å². The average Bonchev–Trinajstić information content (AvgIpc) is 3.09. The summed E-state index contributed by atoms with van der Waals surface area (Å²) in [5, 5.41) is 11.2. The SMILES string of the molecule is COc1ccc(F)cc1/C(O)=C1\C(=O)C(=O)N(c2ccc(F)cc2)C1c1ccccc1OC. The minimum atomic E-state index is -1.13. The van der Waals surface area contributed by atoms with Crippen molar-refractivity contribution in [3.05, 3.63) is 95.1 Å². The summed E-state index contributed by atoms with van der Waals surface area (Å²) in [6.45, 7) is 0. The molecule has 6 nitrogen and oxygen atoms in total. The Morgan fingerprint density at radius 2 is 1.52 bits per heavy atom. The Morgan fingerprint density at radius 1 is 0.879 bits per heavy atom. The fourth-order valence-corrected chi connectivity index (χ4v) is 3.90. The molecule has 1 aliphatic rings. The van der Waals surface area contributed by atoms with Crippen LogP contribution in [0.25, 0.3) is 5.76 Å². The maximum absolute atomic E-state index is 14.0. The fraction of sp³-hybridized carbons (Fsp3) is 0.120. The summed E-state index contributed by atoms with van der Waals surface area (Å²) >= 11 is 0. The van der Waals surface area contributed by atoms with E-state index in [0.717, 1.165) is 29.2 Å². The number of carbonyl (C=O) groups is 2. The molecule has 0 bridgehead atoms. The number of halogens is 2. The van der Waals surface area contributed by atoms with E-state index in [-0.39, 0.29) is 22.6 Å². The van der Waals surface area contributed by atoms with Crippen LogP contribution in [0, 0.1) is 11.6 Å². The summed E-state index contributed by atoms with van der Waals surface area (Å²) in [5.74, 6) is -3.25. The van der Waals surface area contributed by atoms with Crippen LogP contribution >= 0.6 is 0 Å². The Hall–Kier alpha value is -4.20. The van der Waals surface area contributed by atoms with E-state index < -0.39 is 35.1 Å². The largest absolute Gasteiger partial charge is 0.507 e. The molecule has 168 valence electrons. The molecule has 1 heterocycles. The van der Waals surface area contributed by atoms with Gasteiger partial charge in [0.2, 0.25) is 0 Å². The number of rotatable bonds is 5. The first-order valence-corrected chi connectivity index (χ1v) is 9.90. The summed E-state index contributed by atoms with van der Waals surface area (Å²) < 4.78 is 38.2. The van der Waals surface area contributed by atoms with Crippen molar-refractivity contribution in [2.45, 2.75) is 6.04 Å². The van der Waals surface area contributed by atoms with E-state index in [4.69, 9.17) is 9.47 Å². The number of ether oxygens (including phenoxy) is 2. The van der Waals surface area contributed by atoms with E-state index in [0.29, 0.717) is 11.3 Å². The Labute approximate surface area is 188 Å². The zero-order chi connectivity index (χ0) is 23.7. The van der Waals surface area contributed by atoms with Gasteiger partial charge in [-0.25, -0.2) is 8.78 Å². The third-order valence-corrected chi connectivity index (χ3v) is 5.40. The second-order valence-corrected chi connectivity index (χ2v) is 7.23. The number of amides is 1. The van der Waals surface area contributed by atoms with Gasteiger partial charge in [-0.3, -0.25) is 14.5 Å². The van der Waals surface area contributed by atoms with Gasteiger partial charge >= 0.3 is 0 Å². The predicted octanol–water partition coefficient (Wildman–Crippen LogP) is 4.61. The van der Waals surface area contributed by atoms with Crippen LogP contribution in [0.3, 0.4) is 0 Å². The Morgan fingerprint density at radius 3 is 2.18 bits per heavy atom. The summed E-state index contributed by atoms with van der Waals surface area (Å²) in [7, 11) is 2.76. The molecular formula is C25H19F2NO5. The number of aliphatic hydroxyl groups excluding tert-OH is 1. The van der Waals surface area contributed by atoms with Crippen molar-refractivity contribution in [2.24, 2.45) is 0 Å². The highest BCUT2D eigenvalue weighted by molar-refractivity contribution is 6.51. The second-order valence-electron chi connectivity index (χ2n) is 7.23. The molecule has 1 amide bonds. The lowest BCUT2D eigenvalue weighted by Gasteiger charge is -2.26. The molecule has 0 spiro atoms. The van der Waals surface area contributed by atoms with Gasteiger partial charge in [0.15, 0.2) is 0 Å². The van der Waals surface area contributed by atoms with Crippen molar-refractivity contribution in [2.75, 3.05) is 19.1 Å². The van der Waals surface area contributed by atoms with Crippen molar-refractivity contribution in [3.8, 4) is 11.5 Å². The molecule has 1 unspecified atom stereocenters. The standard InChI is InChI=1S/C25H19F2NO5/c1-32-19-6-4-3-5-17(19)22-21(23(29)18-13-15(27)9-12-20(18)33-2)24(30)25(31)28(22)16-10-7-14(26)8-11-16/h3-13,22,29H,1-2H3/b23-21+. The Bertz CT molecular complexity index is 1270. The predicted molar refractivity (Wildman–Crippen MR) is 117 cm³/mol. The summed E-state index contributed by atoms with van der Waals surface area (Å²) in [6, 6.07) is 14.0. The number of hydrogen-bond donors (Lipinski definition) is 1. The lowest BCUT2D eigenvalue weighted by Crippen LogP contribution is -2.29. The van der Waals surface area contributed by atoms with Crippen LogP contribution in [0.2, 0.25) is 0 Å². The molecule has 3 aromatic rings. The molecular weight excluding hydrogens is 432 g/mol. The van der Waals surface area contributed by atoms with Crippen LogP contribution in [0.5, 0.6) is 11.5 Å². The van der Waals surface area contributed by atoms with Crippen molar-refractivity contribution < 1.29 is 33.0 Å². The van der Waals surface area contributed by atoms with E-state index in [2.05, 4.69) is 0 Å². The number of Topliss-reactive ketones (excluding diaryl/α,β-unsaturated/α-hetero) is 1. The van der Waals surface area contributed by atoms with E-state index in [1.807, 2.05) is 0 Å². The smallest absolute Gasteiger partial charge is 0.300 e. The first kappa shape index (κ1) is 22.0. The maximum Gasteiger partial charge on any atom is 0.300 e. The van der Waals surface area contributed by atoms with E-state index >= 15 is 0 Å². The molecule has 1 atom stereocenters. The van der Waals surface area contributed by atoms with Gasteiger partial charge in [0.25, 0.3) is 11.7 Å². The quantitative estimate of drug-likeness (QED) is 0.348. The highest BCUT2D eigenvalue weighted by Crippen LogP contribution is 2.45. The number of nitrogens with zero attached hydrogens (tertiary/aromatic N) is 1. The van der Waals surface area contributed by atoms with Crippen molar-refractivity contribution in [1.82, 2.24) is 0 Å². The van der Waals surface area contributed by atoms with Crippen LogP contribution in [-0.2, 0) is 9.59 Å². The van der Waals surface area contributed by atoms with Gasteiger partial charge in [-0.05, 0) is 48.5 Å². The summed E-state index contributed by atoms with van der Waals surface area (Å²) in [4.78, 5) is 27.5. The lowest BCUT2D eigenvalue weighted by molar-refractivity contribution is -0.132. The summed E-state index contributed by atoms with van der Waals surface area (Å²) in [5.41, 5.74) is 0.271. The number of para-hydroxylation sites is 1. The molecule has 0 aliphatic carbocycles. The molecule has 3 aromatic carbocycles. The Kier molecular flexibility index (Phi) is 5.83. The highest BCUT2D eigenvalue weighted by Gasteiger charge is 2.48. The van der Waals surface area contributed by atoms with Crippen LogP contribution in [0.15, 0.2) is 72.3 Å². The number of ketones is 1. The lowest BCUT2D eigenvalue weighted by atomic mass is 9.94. The van der Waals surface area contributed by atoms with Crippen LogP contribution < -0.4 is 14.4 Å². The molecule has 0 radical (unpaired) electrons. The molecule has 1 saturated heterocycles. The normalized spacial score (nSPS) is 17.3. The van der Waals surface area contributed by atoms with Crippen LogP contribution in [0.1, 0.15) is 17.2 Å². The number of methoxy groups -OCH3 is 2. The fourth-order valence-electron chi connectivity index (χ4n) is 3.90. The first-order chi connectivity index (χ1) is 15.9. The number of anilines is 1. The van der Waals surface area contributed by atoms with E-state index in [1.165, 1.54) is 32.4 Å². The number of benzene rings is 3. The first-order valence-electron chi connectivity index (χ1n) is 9.90. The van der Waals surface area contributed by atoms with Gasteiger partial charge in [-0.15, -0.1) is 0 Å². The summed E-state index contributed by atoms with van der Waals surface area (Å²) in [6.07, 6.45) is 0. The molecule has 8 heteroatoms. The van der Waals surface area contributed by atoms with Gasteiger partial charge in [0.05, 0.1) is 31.4 Å². The van der Waals surface area contributed by atoms with Gasteiger partial charge in [0.1, 0.15) is 28.9 Å². The minimum absolute atomic E-state index is 0.0884. The van der Waals surface area contributed by atoms with Gasteiger partial charge in [-0.2, -0.15) is 0 Å². The van der Waals surface area contributed by atoms with Gasteiger partial charge in [-0.1, -0.05) is 18.2 Å². The number of carbonyl (C=O) groups excluding carboxylic acids is 2. The number of hydrogen-bond acceptors (Lipinski definition) is 5. The molecule has 1 fully saturated rings. The van der Waals surface area contributed by atoms with Gasteiger partial charge in [0, 0.05) is 11.3 Å². The zero-order valence-corrected chi connectivity index (χ0v) is 17.7. The zero-order valence-electron chi connectivity index (χ0n) is 17.7. The van der Waals surface area contributed by atoms with Gasteiger partial charge < -0.3 is 14.6 Å². The molecule has 0 aromatic heterocycles. The van der Waals surface area contributed by atoms with Crippen LogP contribution in [-0.4, -0.2) is 31.0 Å². The van der Waals surface area contributed by atoms with Crippen molar-refractivity contribution in [1.29, 1.82) is 0 Å². The third kappa shape index (κ3) is 3.80. The van der Waals surface area contributed by atoms with E-state index in [9.17, 15) is 23.5 Å². The Balaban J connectivity index is 2.02. The number of aliphatic hydroxyl groups is 1. The van der Waals surface area contributed by atoms with Crippen LogP contribution in [0.4, 0.5) is 14.5 Å². The topological polar surface area (TPSA) is 76.1 Å². The monoisotopic (exact) mass is 451 g/mol. The highest BCUT2D eigenvalue weighted by atomic mass is 19.1. The average molecular weight is 451 g/mol. The molecule has 1 N–H and O–H groups in total. The van der Waals surface area contributed by atoms with E-state index in [1.54, 1.807) is 24.3 Å². The molecule has 4 rings (SSSR count). The second kappa shape index (κ2) is 8.74.